The molecule has 10 nitrogen and oxygen atoms in total. The SMILES string of the molecule is COc1ccc(N(C(=O)c2snc(C(N)=O)c2N)[C@H](C(=O)NC[C@@H]2CCCO2)c2ccc(Cl)cc2)cc1. The van der Waals surface area contributed by atoms with Gasteiger partial charge in [-0.15, -0.1) is 0 Å². The number of primary amides is 1. The predicted molar refractivity (Wildman–Crippen MR) is 141 cm³/mol. The molecule has 2 atom stereocenters. The molecule has 37 heavy (non-hydrogen) atoms. The Morgan fingerprint density at radius 3 is 2.49 bits per heavy atom. The van der Waals surface area contributed by atoms with E-state index >= 15 is 0 Å². The summed E-state index contributed by atoms with van der Waals surface area (Å²) in [6, 6.07) is 12.2. The monoisotopic (exact) mass is 543 g/mol. The van der Waals surface area contributed by atoms with E-state index in [2.05, 4.69) is 9.69 Å². The lowest BCUT2D eigenvalue weighted by molar-refractivity contribution is -0.123. The Kier molecular flexibility index (Phi) is 8.27. The van der Waals surface area contributed by atoms with Gasteiger partial charge in [0.25, 0.3) is 11.8 Å². The van der Waals surface area contributed by atoms with Crippen LogP contribution >= 0.6 is 23.1 Å². The summed E-state index contributed by atoms with van der Waals surface area (Å²) in [6.07, 6.45) is 1.65. The molecule has 2 heterocycles. The number of benzene rings is 2. The van der Waals surface area contributed by atoms with Gasteiger partial charge >= 0.3 is 0 Å². The lowest BCUT2D eigenvalue weighted by Gasteiger charge is -2.31. The van der Waals surface area contributed by atoms with Gasteiger partial charge in [0.15, 0.2) is 5.69 Å². The van der Waals surface area contributed by atoms with Crippen molar-refractivity contribution in [3.8, 4) is 5.75 Å². The van der Waals surface area contributed by atoms with Gasteiger partial charge in [-0.3, -0.25) is 19.3 Å². The molecule has 0 saturated carbocycles. The predicted octanol–water partition coefficient (Wildman–Crippen LogP) is 3.17. The van der Waals surface area contributed by atoms with Crippen molar-refractivity contribution in [2.24, 2.45) is 5.73 Å². The summed E-state index contributed by atoms with van der Waals surface area (Å²) in [6.45, 7) is 0.937. The number of methoxy groups -OCH3 is 1. The van der Waals surface area contributed by atoms with Gasteiger partial charge in [-0.25, -0.2) is 0 Å². The average molecular weight is 544 g/mol. The minimum absolute atomic E-state index is 0.0180. The molecule has 1 saturated heterocycles. The normalized spacial score (nSPS) is 15.7. The van der Waals surface area contributed by atoms with Crippen LogP contribution in [-0.4, -0.2) is 48.5 Å². The summed E-state index contributed by atoms with van der Waals surface area (Å²) < 4.78 is 14.8. The van der Waals surface area contributed by atoms with E-state index in [0.29, 0.717) is 35.2 Å². The van der Waals surface area contributed by atoms with Crippen molar-refractivity contribution in [2.45, 2.75) is 25.0 Å². The highest BCUT2D eigenvalue weighted by molar-refractivity contribution is 7.09. The van der Waals surface area contributed by atoms with E-state index in [1.54, 1.807) is 48.5 Å². The summed E-state index contributed by atoms with van der Waals surface area (Å²) >= 11 is 6.85. The van der Waals surface area contributed by atoms with Crippen molar-refractivity contribution in [1.29, 1.82) is 0 Å². The van der Waals surface area contributed by atoms with Crippen LogP contribution in [0.4, 0.5) is 11.4 Å². The molecule has 1 aromatic heterocycles. The molecule has 0 bridgehead atoms. The van der Waals surface area contributed by atoms with Gasteiger partial charge in [0.2, 0.25) is 5.91 Å². The fourth-order valence-corrected chi connectivity index (χ4v) is 4.91. The van der Waals surface area contributed by atoms with E-state index in [-0.39, 0.29) is 22.4 Å². The summed E-state index contributed by atoms with van der Waals surface area (Å²) in [5, 5.41) is 3.40. The smallest absolute Gasteiger partial charge is 0.273 e. The molecular formula is C25H26ClN5O5S. The quantitative estimate of drug-likeness (QED) is 0.375. The number of carbonyl (C=O) groups is 3. The first-order chi connectivity index (χ1) is 17.8. The number of carbonyl (C=O) groups excluding carboxylic acids is 3. The minimum atomic E-state index is -1.11. The summed E-state index contributed by atoms with van der Waals surface area (Å²) in [5.74, 6) is -1.34. The van der Waals surface area contributed by atoms with Crippen molar-refractivity contribution in [1.82, 2.24) is 9.69 Å². The number of ether oxygens (including phenoxy) is 2. The highest BCUT2D eigenvalue weighted by Gasteiger charge is 2.36. The van der Waals surface area contributed by atoms with Crippen LogP contribution in [0.15, 0.2) is 48.5 Å². The van der Waals surface area contributed by atoms with E-state index < -0.39 is 23.8 Å². The Labute approximate surface area is 222 Å². The Morgan fingerprint density at radius 1 is 1.22 bits per heavy atom. The zero-order chi connectivity index (χ0) is 26.5. The van der Waals surface area contributed by atoms with E-state index in [1.165, 1.54) is 12.0 Å². The number of amides is 3. The van der Waals surface area contributed by atoms with Crippen molar-refractivity contribution in [2.75, 3.05) is 30.9 Å². The Hall–Kier alpha value is -3.67. The van der Waals surface area contributed by atoms with E-state index in [0.717, 1.165) is 24.4 Å². The molecule has 12 heteroatoms. The molecule has 1 aliphatic rings. The van der Waals surface area contributed by atoms with Gasteiger partial charge in [0.05, 0.1) is 18.9 Å². The second kappa shape index (κ2) is 11.6. The van der Waals surface area contributed by atoms with E-state index in [9.17, 15) is 14.4 Å². The molecule has 194 valence electrons. The number of nitrogens with two attached hydrogens (primary N) is 2. The van der Waals surface area contributed by atoms with Gasteiger partial charge in [0.1, 0.15) is 16.7 Å². The number of rotatable bonds is 9. The maximum absolute atomic E-state index is 14.0. The molecule has 0 aliphatic carbocycles. The molecule has 0 radical (unpaired) electrons. The van der Waals surface area contributed by atoms with Gasteiger partial charge < -0.3 is 26.3 Å². The summed E-state index contributed by atoms with van der Waals surface area (Å²) in [5.41, 5.74) is 12.0. The maximum atomic E-state index is 14.0. The Morgan fingerprint density at radius 2 is 1.92 bits per heavy atom. The van der Waals surface area contributed by atoms with Crippen molar-refractivity contribution < 1.29 is 23.9 Å². The molecule has 3 aromatic rings. The second-order valence-electron chi connectivity index (χ2n) is 8.35. The second-order valence-corrected chi connectivity index (χ2v) is 9.56. The standard InChI is InChI=1S/C25H26ClN5O5S/c1-35-17-10-8-16(9-11-17)31(25(34)22-19(27)20(23(28)32)30-37-22)21(14-4-6-15(26)7-5-14)24(33)29-13-18-3-2-12-36-18/h4-11,18,21H,2-3,12-13,27H2,1H3,(H2,28,32)(H,29,33)/t18-,21-/m0/s1. The number of hydrogen-bond donors (Lipinski definition) is 3. The van der Waals surface area contributed by atoms with Gasteiger partial charge in [0, 0.05) is 23.9 Å². The molecule has 2 aromatic carbocycles. The summed E-state index contributed by atoms with van der Waals surface area (Å²) in [4.78, 5) is 40.8. The van der Waals surface area contributed by atoms with Crippen LogP contribution in [0.2, 0.25) is 5.02 Å². The number of nitrogen functional groups attached to an aromatic ring is 1. The van der Waals surface area contributed by atoms with Crippen LogP contribution in [0.25, 0.3) is 0 Å². The third kappa shape index (κ3) is 5.85. The number of anilines is 2. The first-order valence-electron chi connectivity index (χ1n) is 11.5. The van der Waals surface area contributed by atoms with Gasteiger partial charge in [-0.2, -0.15) is 4.37 Å². The highest BCUT2D eigenvalue weighted by atomic mass is 35.5. The van der Waals surface area contributed by atoms with E-state index in [1.807, 2.05) is 0 Å². The van der Waals surface area contributed by atoms with Gasteiger partial charge in [-0.1, -0.05) is 23.7 Å². The van der Waals surface area contributed by atoms with Gasteiger partial charge in [-0.05, 0) is 66.3 Å². The van der Waals surface area contributed by atoms with Crippen LogP contribution < -0.4 is 26.4 Å². The largest absolute Gasteiger partial charge is 0.497 e. The average Bonchev–Trinajstić information content (AvgIpc) is 3.56. The van der Waals surface area contributed by atoms with Crippen molar-refractivity contribution >= 4 is 52.2 Å². The molecule has 1 aliphatic heterocycles. The molecule has 0 unspecified atom stereocenters. The maximum Gasteiger partial charge on any atom is 0.273 e. The lowest BCUT2D eigenvalue weighted by atomic mass is 10.0. The molecular weight excluding hydrogens is 518 g/mol. The Balaban J connectivity index is 1.80. The third-order valence-electron chi connectivity index (χ3n) is 5.95. The van der Waals surface area contributed by atoms with Crippen LogP contribution in [0, 0.1) is 0 Å². The first kappa shape index (κ1) is 26.4. The Bertz CT molecular complexity index is 1280. The fraction of sp³-hybridized carbons (Fsp3) is 0.280. The zero-order valence-corrected chi connectivity index (χ0v) is 21.6. The first-order valence-corrected chi connectivity index (χ1v) is 12.6. The number of halogens is 1. The molecule has 1 fully saturated rings. The van der Waals surface area contributed by atoms with Crippen LogP contribution in [0.3, 0.4) is 0 Å². The number of hydrogen-bond acceptors (Lipinski definition) is 8. The number of nitrogens with one attached hydrogen (secondary N) is 1. The molecule has 5 N–H and O–H groups in total. The number of aromatic nitrogens is 1. The fourth-order valence-electron chi connectivity index (χ4n) is 4.04. The van der Waals surface area contributed by atoms with Crippen LogP contribution in [0.1, 0.15) is 44.6 Å². The summed E-state index contributed by atoms with van der Waals surface area (Å²) in [7, 11) is 1.52. The van der Waals surface area contributed by atoms with Crippen LogP contribution in [-0.2, 0) is 9.53 Å². The van der Waals surface area contributed by atoms with Crippen LogP contribution in [0.5, 0.6) is 5.75 Å². The van der Waals surface area contributed by atoms with E-state index in [4.69, 9.17) is 32.5 Å². The molecule has 4 rings (SSSR count). The topological polar surface area (TPSA) is 150 Å². The number of nitrogens with zero attached hydrogens (tertiary/aromatic N) is 2. The lowest BCUT2D eigenvalue weighted by Crippen LogP contribution is -2.45. The van der Waals surface area contributed by atoms with Crippen molar-refractivity contribution in [3.05, 3.63) is 69.7 Å². The third-order valence-corrected chi connectivity index (χ3v) is 7.05. The molecule has 0 spiro atoms. The highest BCUT2D eigenvalue weighted by Crippen LogP contribution is 2.34. The molecule has 3 amide bonds. The van der Waals surface area contributed by atoms with Crippen molar-refractivity contribution in [3.63, 3.8) is 0 Å². The zero-order valence-electron chi connectivity index (χ0n) is 20.0. The minimum Gasteiger partial charge on any atom is -0.497 e.